The maximum atomic E-state index is 14.3. The molecule has 32 nitrogen and oxygen atoms in total. The zero-order valence-corrected chi connectivity index (χ0v) is 71.4. The molecule has 0 bridgehead atoms. The maximum Gasteiger partial charge on any atom is 0.435 e. The van der Waals surface area contributed by atoms with Crippen LogP contribution < -0.4 is 42.5 Å². The Morgan fingerprint density at radius 3 is 1.06 bits per heavy atom. The van der Waals surface area contributed by atoms with Crippen LogP contribution in [0.3, 0.4) is 0 Å². The molecular weight excluding hydrogens is 1810 g/mol. The minimum atomic E-state index is -4.92. The number of carbonyl (C=O) groups excluding carboxylic acids is 8. The lowest BCUT2D eigenvalue weighted by molar-refractivity contribution is -0.141. The van der Waals surface area contributed by atoms with Crippen molar-refractivity contribution in [1.29, 1.82) is 0 Å². The van der Waals surface area contributed by atoms with Gasteiger partial charge in [0.05, 0.1) is 76.3 Å². The van der Waals surface area contributed by atoms with Crippen molar-refractivity contribution in [3.63, 3.8) is 0 Å². The van der Waals surface area contributed by atoms with Gasteiger partial charge in [0.25, 0.3) is 47.3 Å². The summed E-state index contributed by atoms with van der Waals surface area (Å²) in [6.07, 6.45) is 2.34. The van der Waals surface area contributed by atoms with E-state index in [-0.39, 0.29) is 120 Å². The third kappa shape index (κ3) is 22.5. The SMILES string of the molecule is [C-]#[N+]c1cc(C)c(NC(=O)c2cc(Br)nn2-c2ncccc2F)c(C(=O)NC(C)C)c1.[C-]#[N+]c1cc(C)c(NC(=O)c2cc(Br)nn2-c2ncccc2F)c(C(=O)NC)c1.[C-]#[N+]c1cc(C)c(NC(=O)c2cc(C(F)(F)F)nn2-c2ncccc2F)c(C(=O)NC(C)C)c1.[C-]#[N+]c1cc(C)c(NC(=O)c2cc(Cl)nn2-c2ncccc2Cl)c(C(=O)NC2CC2)c1. The Balaban J connectivity index is 0.000000174. The molecule has 8 amide bonds. The summed E-state index contributed by atoms with van der Waals surface area (Å²) in [6, 6.07) is 26.8. The molecule has 8 heterocycles. The van der Waals surface area contributed by atoms with E-state index < -0.39 is 82.2 Å². The monoisotopic (exact) mass is 1870 g/mol. The van der Waals surface area contributed by atoms with Gasteiger partial charge in [0, 0.05) is 74.2 Å². The number of nitrogens with one attached hydrogen (secondary N) is 8. The van der Waals surface area contributed by atoms with Crippen molar-refractivity contribution in [1.82, 2.24) is 80.3 Å². The number of halogens is 10. The maximum absolute atomic E-state index is 14.3. The summed E-state index contributed by atoms with van der Waals surface area (Å²) in [5.41, 5.74) is 2.20. The fourth-order valence-corrected chi connectivity index (χ4v) is 12.9. The number of anilines is 4. The van der Waals surface area contributed by atoms with Gasteiger partial charge in [0.15, 0.2) is 74.3 Å². The Bertz CT molecular complexity index is 6290. The number of hydrogen-bond acceptors (Lipinski definition) is 16. The molecule has 636 valence electrons. The van der Waals surface area contributed by atoms with Crippen molar-refractivity contribution in [2.24, 2.45) is 0 Å². The van der Waals surface area contributed by atoms with Gasteiger partial charge in [-0.3, -0.25) is 38.4 Å². The number of nitrogens with zero attached hydrogens (tertiary/aromatic N) is 16. The lowest BCUT2D eigenvalue weighted by Gasteiger charge is -2.16. The fourth-order valence-electron chi connectivity index (χ4n) is 11.7. The molecule has 13 rings (SSSR count). The van der Waals surface area contributed by atoms with E-state index in [2.05, 4.69) is 134 Å². The number of hydrogen-bond donors (Lipinski definition) is 8. The molecule has 0 saturated heterocycles. The van der Waals surface area contributed by atoms with E-state index in [1.807, 2.05) is 0 Å². The molecule has 1 fully saturated rings. The van der Waals surface area contributed by atoms with Gasteiger partial charge >= 0.3 is 6.18 Å². The van der Waals surface area contributed by atoms with Crippen LogP contribution >= 0.6 is 55.1 Å². The molecule has 0 radical (unpaired) electrons. The standard InChI is InChI=1S/C22H18F4N6O2.C21H18BrFN6O2.C21H16Cl2N6O2.C19H14BrFN6O2/c1-11(2)29-20(33)14-9-13(27-4)8-12(3)18(14)30-21(34)16-10-17(22(24,25)26)31-32(16)19-15(23)6-5-7-28-19;1-11(2)26-20(30)14-9-13(24-4)8-12(3)18(14)27-21(31)16-10-17(22)28-29(16)19-15(23)6-5-7-25-19;1-11-8-13(24-2)9-14(20(30)26-12-5-6-12)18(11)27-21(31)16-10-17(23)28-29(16)19-15(22)4-3-7-25-19;1-10-7-11(22-2)8-12(18(28)23-3)16(10)25-19(29)14-9-15(20)26-27(14)17-13(21)5-4-6-24-17/h5-11H,1-3H3,(H,29,33)(H,30,34);5-11H,1-3H3,(H,26,30)(H,27,31);3-4,7-10,12H,5-6H2,1H3,(H,26,30)(H,27,31);4-9H,1,3H3,(H,23,28)(H,25,29). The molecule has 0 atom stereocenters. The molecule has 1 saturated carbocycles. The van der Waals surface area contributed by atoms with Crippen LogP contribution in [0.4, 0.5) is 71.8 Å². The average Bonchev–Trinajstić information content (AvgIpc) is 1.70. The molecule has 0 aliphatic heterocycles. The summed E-state index contributed by atoms with van der Waals surface area (Å²) in [6.45, 7) is 42.6. The number of aromatic nitrogens is 12. The Morgan fingerprint density at radius 2 is 0.744 bits per heavy atom. The van der Waals surface area contributed by atoms with Crippen LogP contribution in [-0.2, 0) is 6.18 Å². The molecule has 8 N–H and O–H groups in total. The summed E-state index contributed by atoms with van der Waals surface area (Å²) in [5, 5.41) is 37.3. The number of alkyl halides is 3. The van der Waals surface area contributed by atoms with Gasteiger partial charge in [-0.15, -0.1) is 0 Å². The number of carbonyl (C=O) groups is 8. The Labute approximate surface area is 734 Å². The van der Waals surface area contributed by atoms with Gasteiger partial charge in [-0.2, -0.15) is 33.6 Å². The summed E-state index contributed by atoms with van der Waals surface area (Å²) in [7, 11) is 1.45. The summed E-state index contributed by atoms with van der Waals surface area (Å²) >= 11 is 18.6. The minimum absolute atomic E-state index is 0.00554. The quantitative estimate of drug-likeness (QED) is 0.0275. The second kappa shape index (κ2) is 40.2. The molecule has 0 unspecified atom stereocenters. The van der Waals surface area contributed by atoms with E-state index in [0.29, 0.717) is 58.6 Å². The molecule has 0 spiro atoms. The van der Waals surface area contributed by atoms with Gasteiger partial charge in [-0.1, -0.05) is 47.5 Å². The molecule has 8 aromatic heterocycles. The molecule has 125 heavy (non-hydrogen) atoms. The second-order valence-electron chi connectivity index (χ2n) is 27.4. The minimum Gasteiger partial charge on any atom is -0.355 e. The predicted molar refractivity (Wildman–Crippen MR) is 456 cm³/mol. The fraction of sp³-hybridized carbons (Fsp3) is 0.181. The van der Waals surface area contributed by atoms with Crippen molar-refractivity contribution in [3.8, 4) is 23.3 Å². The van der Waals surface area contributed by atoms with Gasteiger partial charge in [0.1, 0.15) is 32.0 Å². The van der Waals surface area contributed by atoms with Crippen LogP contribution in [-0.4, -0.2) is 131 Å². The molecule has 42 heteroatoms. The third-order valence-electron chi connectivity index (χ3n) is 17.4. The lowest BCUT2D eigenvalue weighted by Crippen LogP contribution is -2.31. The van der Waals surface area contributed by atoms with Crippen molar-refractivity contribution >= 4 is 148 Å². The smallest absolute Gasteiger partial charge is 0.355 e. The first-order chi connectivity index (χ1) is 59.3. The van der Waals surface area contributed by atoms with Crippen LogP contribution in [0.15, 0.2) is 155 Å². The van der Waals surface area contributed by atoms with Crippen LogP contribution in [0.25, 0.3) is 42.7 Å². The van der Waals surface area contributed by atoms with E-state index in [4.69, 9.17) is 49.5 Å². The number of pyridine rings is 4. The second-order valence-corrected chi connectivity index (χ2v) is 29.9. The first kappa shape index (κ1) is 92.4. The topological polar surface area (TPSA) is 373 Å². The van der Waals surface area contributed by atoms with E-state index >= 15 is 0 Å². The highest BCUT2D eigenvalue weighted by Gasteiger charge is 2.38. The van der Waals surface area contributed by atoms with E-state index in [1.54, 1.807) is 78.8 Å². The molecule has 4 aromatic carbocycles. The van der Waals surface area contributed by atoms with E-state index in [9.17, 15) is 64.7 Å². The van der Waals surface area contributed by atoms with Gasteiger partial charge in [-0.25, -0.2) is 71.2 Å². The normalized spacial score (nSPS) is 11.3. The van der Waals surface area contributed by atoms with Crippen LogP contribution in [0.2, 0.25) is 10.2 Å². The van der Waals surface area contributed by atoms with Crippen LogP contribution in [0, 0.1) is 71.4 Å². The highest BCUT2D eigenvalue weighted by Crippen LogP contribution is 2.36. The predicted octanol–water partition coefficient (Wildman–Crippen LogP) is 17.3. The first-order valence-corrected chi connectivity index (χ1v) is 39.1. The average molecular weight is 1870 g/mol. The van der Waals surface area contributed by atoms with Gasteiger partial charge < -0.3 is 42.5 Å². The molecule has 12 aromatic rings. The number of rotatable bonds is 19. The number of aryl methyl sites for hydroxylation is 4. The zero-order chi connectivity index (χ0) is 91.2. The Hall–Kier alpha value is -14.8. The largest absolute Gasteiger partial charge is 0.435 e. The summed E-state index contributed by atoms with van der Waals surface area (Å²) in [4.78, 5) is 132. The zero-order valence-electron chi connectivity index (χ0n) is 66.7. The van der Waals surface area contributed by atoms with Gasteiger partial charge in [0.2, 0.25) is 0 Å². The lowest BCUT2D eigenvalue weighted by atomic mass is 10.0. The third-order valence-corrected chi connectivity index (χ3v) is 18.7. The van der Waals surface area contributed by atoms with Crippen LogP contribution in [0.1, 0.15) is 152 Å². The van der Waals surface area contributed by atoms with Crippen molar-refractivity contribution < 1.29 is 64.7 Å². The molecule has 1 aliphatic carbocycles. The van der Waals surface area contributed by atoms with E-state index in [1.165, 1.54) is 116 Å². The van der Waals surface area contributed by atoms with Crippen LogP contribution in [0.5, 0.6) is 0 Å². The Kier molecular flexibility index (Phi) is 29.8. The molecule has 1 aliphatic rings. The Morgan fingerprint density at radius 1 is 0.432 bits per heavy atom. The highest BCUT2D eigenvalue weighted by molar-refractivity contribution is 9.10. The first-order valence-electron chi connectivity index (χ1n) is 36.7. The number of benzene rings is 4. The van der Waals surface area contributed by atoms with Gasteiger partial charge in [-0.05, 0) is 195 Å². The van der Waals surface area contributed by atoms with Crippen molar-refractivity contribution in [2.75, 3.05) is 28.3 Å². The summed E-state index contributed by atoms with van der Waals surface area (Å²) < 4.78 is 87.1. The summed E-state index contributed by atoms with van der Waals surface area (Å²) in [5.74, 6) is -7.68. The highest BCUT2D eigenvalue weighted by atomic mass is 79.9. The molecular formula is C83H66Br2Cl2F6N24O8. The number of amides is 8. The van der Waals surface area contributed by atoms with Crippen molar-refractivity contribution in [2.45, 2.75) is 92.5 Å². The van der Waals surface area contributed by atoms with Crippen molar-refractivity contribution in [3.05, 3.63) is 302 Å². The van der Waals surface area contributed by atoms with E-state index in [0.717, 1.165) is 34.5 Å².